The second kappa shape index (κ2) is 6.64. The number of anilines is 2. The van der Waals surface area contributed by atoms with Gasteiger partial charge in [0, 0.05) is 10.7 Å². The van der Waals surface area contributed by atoms with Gasteiger partial charge in [-0.15, -0.1) is 0 Å². The van der Waals surface area contributed by atoms with Crippen LogP contribution in [0.25, 0.3) is 0 Å². The Morgan fingerprint density at radius 2 is 1.45 bits per heavy atom. The summed E-state index contributed by atoms with van der Waals surface area (Å²) in [5.74, 6) is 0. The molecule has 0 aromatic heterocycles. The number of nitrogens with one attached hydrogen (secondary N) is 2. The monoisotopic (exact) mass is 344 g/mol. The molecule has 0 saturated carbocycles. The molecule has 0 spiro atoms. The van der Waals surface area contributed by atoms with Crippen LogP contribution in [0.3, 0.4) is 0 Å². The lowest BCUT2D eigenvalue weighted by atomic mass is 10.2. The highest BCUT2D eigenvalue weighted by Crippen LogP contribution is 2.30. The first kappa shape index (κ1) is 15.4. The third-order valence-corrected chi connectivity index (χ3v) is 4.15. The highest BCUT2D eigenvalue weighted by Gasteiger charge is 2.07. The number of benzene rings is 2. The lowest BCUT2D eigenvalue weighted by molar-refractivity contribution is 1.45. The SMILES string of the molecule is Cc1c(Cl)cccc1NC(=S)Nc1cccc(Cl)c1Cl. The number of halogens is 3. The first-order valence-corrected chi connectivity index (χ1v) is 7.30. The zero-order valence-corrected chi connectivity index (χ0v) is 13.6. The van der Waals surface area contributed by atoms with Crippen LogP contribution in [-0.4, -0.2) is 5.11 Å². The van der Waals surface area contributed by atoms with Crippen molar-refractivity contribution in [1.29, 1.82) is 0 Å². The van der Waals surface area contributed by atoms with Crippen molar-refractivity contribution in [2.24, 2.45) is 0 Å². The summed E-state index contributed by atoms with van der Waals surface area (Å²) in [5.41, 5.74) is 2.42. The van der Waals surface area contributed by atoms with Gasteiger partial charge in [0.05, 0.1) is 15.7 Å². The van der Waals surface area contributed by atoms with Gasteiger partial charge in [-0.3, -0.25) is 0 Å². The van der Waals surface area contributed by atoms with Gasteiger partial charge >= 0.3 is 0 Å². The van der Waals surface area contributed by atoms with E-state index in [9.17, 15) is 0 Å². The lowest BCUT2D eigenvalue weighted by Crippen LogP contribution is -2.19. The Morgan fingerprint density at radius 3 is 2.15 bits per heavy atom. The Kier molecular flexibility index (Phi) is 5.11. The van der Waals surface area contributed by atoms with Crippen molar-refractivity contribution in [3.8, 4) is 0 Å². The molecule has 0 fully saturated rings. The molecular formula is C14H11Cl3N2S. The molecule has 6 heteroatoms. The van der Waals surface area contributed by atoms with Gasteiger partial charge in [-0.25, -0.2) is 0 Å². The summed E-state index contributed by atoms with van der Waals surface area (Å²) < 4.78 is 0. The van der Waals surface area contributed by atoms with E-state index >= 15 is 0 Å². The lowest BCUT2D eigenvalue weighted by Gasteiger charge is -2.14. The third-order valence-electron chi connectivity index (χ3n) is 2.72. The summed E-state index contributed by atoms with van der Waals surface area (Å²) in [5, 5.41) is 8.09. The molecule has 0 bridgehead atoms. The molecule has 0 aliphatic carbocycles. The molecule has 104 valence electrons. The molecule has 0 unspecified atom stereocenters. The van der Waals surface area contributed by atoms with E-state index in [-0.39, 0.29) is 0 Å². The van der Waals surface area contributed by atoms with Crippen molar-refractivity contribution in [2.45, 2.75) is 6.92 Å². The number of rotatable bonds is 2. The van der Waals surface area contributed by atoms with Crippen molar-refractivity contribution in [3.63, 3.8) is 0 Å². The average Bonchev–Trinajstić information content (AvgIpc) is 2.40. The summed E-state index contributed by atoms with van der Waals surface area (Å²) in [6.07, 6.45) is 0. The molecule has 2 rings (SSSR count). The van der Waals surface area contributed by atoms with Crippen LogP contribution >= 0.6 is 47.0 Å². The molecule has 0 atom stereocenters. The van der Waals surface area contributed by atoms with Crippen LogP contribution in [0.5, 0.6) is 0 Å². The van der Waals surface area contributed by atoms with E-state index < -0.39 is 0 Å². The van der Waals surface area contributed by atoms with Crippen molar-refractivity contribution in [2.75, 3.05) is 10.6 Å². The minimum absolute atomic E-state index is 0.416. The molecule has 2 aromatic rings. The van der Waals surface area contributed by atoms with Gasteiger partial charge in [0.2, 0.25) is 0 Å². The zero-order valence-electron chi connectivity index (χ0n) is 10.5. The fourth-order valence-corrected chi connectivity index (χ4v) is 2.36. The molecule has 0 aliphatic heterocycles. The fourth-order valence-electron chi connectivity index (χ4n) is 1.62. The van der Waals surface area contributed by atoms with Crippen LogP contribution in [0, 0.1) is 6.92 Å². The normalized spacial score (nSPS) is 10.2. The van der Waals surface area contributed by atoms with Crippen LogP contribution in [0.15, 0.2) is 36.4 Å². The standard InChI is InChI=1S/C14H11Cl3N2S/c1-8-9(15)4-2-6-11(8)18-14(20)19-12-7-3-5-10(16)13(12)17/h2-7H,1H3,(H2,18,19,20). The first-order valence-electron chi connectivity index (χ1n) is 5.76. The van der Waals surface area contributed by atoms with Crippen LogP contribution in [0.4, 0.5) is 11.4 Å². The third kappa shape index (κ3) is 3.55. The second-order valence-electron chi connectivity index (χ2n) is 4.09. The summed E-state index contributed by atoms with van der Waals surface area (Å²) in [4.78, 5) is 0. The smallest absolute Gasteiger partial charge is 0.175 e. The molecule has 0 amide bonds. The van der Waals surface area contributed by atoms with Gasteiger partial charge in [0.25, 0.3) is 0 Å². The molecule has 0 aliphatic rings. The van der Waals surface area contributed by atoms with Gasteiger partial charge in [-0.05, 0) is 49.0 Å². The molecule has 20 heavy (non-hydrogen) atoms. The fraction of sp³-hybridized carbons (Fsp3) is 0.0714. The quantitative estimate of drug-likeness (QED) is 0.676. The van der Waals surface area contributed by atoms with Gasteiger partial charge in [-0.2, -0.15) is 0 Å². The van der Waals surface area contributed by atoms with Crippen molar-refractivity contribution >= 4 is 63.5 Å². The van der Waals surface area contributed by atoms with Crippen molar-refractivity contribution in [3.05, 3.63) is 57.0 Å². The topological polar surface area (TPSA) is 24.1 Å². The van der Waals surface area contributed by atoms with Gasteiger partial charge < -0.3 is 10.6 Å². The number of hydrogen-bond donors (Lipinski definition) is 2. The van der Waals surface area contributed by atoms with Gasteiger partial charge in [0.15, 0.2) is 5.11 Å². The number of hydrogen-bond acceptors (Lipinski definition) is 1. The Labute approximate surface area is 138 Å². The van der Waals surface area contributed by atoms with E-state index in [4.69, 9.17) is 47.0 Å². The Hall–Kier alpha value is -1.000. The largest absolute Gasteiger partial charge is 0.332 e. The van der Waals surface area contributed by atoms with Crippen molar-refractivity contribution in [1.82, 2.24) is 0 Å². The minimum atomic E-state index is 0.416. The maximum atomic E-state index is 6.09. The first-order chi connectivity index (χ1) is 9.49. The zero-order chi connectivity index (χ0) is 14.7. The highest BCUT2D eigenvalue weighted by molar-refractivity contribution is 7.80. The molecule has 2 N–H and O–H groups in total. The Morgan fingerprint density at radius 1 is 0.900 bits per heavy atom. The van der Waals surface area contributed by atoms with Gasteiger partial charge in [0.1, 0.15) is 0 Å². The minimum Gasteiger partial charge on any atom is -0.332 e. The van der Waals surface area contributed by atoms with Crippen LogP contribution in [0.2, 0.25) is 15.1 Å². The molecule has 0 saturated heterocycles. The van der Waals surface area contributed by atoms with E-state index in [1.165, 1.54) is 0 Å². The molecule has 0 heterocycles. The predicted molar refractivity (Wildman–Crippen MR) is 92.5 cm³/mol. The molecule has 2 nitrogen and oxygen atoms in total. The summed E-state index contributed by atoms with van der Waals surface area (Å²) in [6.45, 7) is 1.92. The van der Waals surface area contributed by atoms with Crippen LogP contribution in [-0.2, 0) is 0 Å². The maximum absolute atomic E-state index is 6.09. The van der Waals surface area contributed by atoms with E-state index in [2.05, 4.69) is 10.6 Å². The second-order valence-corrected chi connectivity index (χ2v) is 5.69. The van der Waals surface area contributed by atoms with E-state index in [0.29, 0.717) is 25.9 Å². The molecule has 0 radical (unpaired) electrons. The van der Waals surface area contributed by atoms with E-state index in [1.807, 2.05) is 25.1 Å². The summed E-state index contributed by atoms with van der Waals surface area (Å²) >= 11 is 23.4. The summed E-state index contributed by atoms with van der Waals surface area (Å²) in [7, 11) is 0. The highest BCUT2D eigenvalue weighted by atomic mass is 35.5. The summed E-state index contributed by atoms with van der Waals surface area (Å²) in [6, 6.07) is 10.9. The Bertz CT molecular complexity index is 603. The number of thiocarbonyl (C=S) groups is 1. The molecule has 2 aromatic carbocycles. The predicted octanol–water partition coefficient (Wildman–Crippen LogP) is 5.76. The molecular weight excluding hydrogens is 335 g/mol. The Balaban J connectivity index is 2.13. The average molecular weight is 346 g/mol. The van der Waals surface area contributed by atoms with E-state index in [0.717, 1.165) is 11.3 Å². The van der Waals surface area contributed by atoms with Gasteiger partial charge in [-0.1, -0.05) is 46.9 Å². The van der Waals surface area contributed by atoms with Crippen LogP contribution in [0.1, 0.15) is 5.56 Å². The van der Waals surface area contributed by atoms with Crippen molar-refractivity contribution < 1.29 is 0 Å². The maximum Gasteiger partial charge on any atom is 0.175 e. The van der Waals surface area contributed by atoms with Crippen LogP contribution < -0.4 is 10.6 Å². The van der Waals surface area contributed by atoms with E-state index in [1.54, 1.807) is 18.2 Å².